The summed E-state index contributed by atoms with van der Waals surface area (Å²) in [6.07, 6.45) is 4.27. The Bertz CT molecular complexity index is 1260. The fourth-order valence-corrected chi connectivity index (χ4v) is 3.53. The first-order valence-corrected chi connectivity index (χ1v) is 9.42. The van der Waals surface area contributed by atoms with Gasteiger partial charge in [0.2, 0.25) is 0 Å². The maximum absolute atomic E-state index is 12.8. The van der Waals surface area contributed by atoms with Crippen molar-refractivity contribution in [1.82, 2.24) is 9.55 Å². The van der Waals surface area contributed by atoms with Crippen LogP contribution in [0.5, 0.6) is 11.5 Å². The average Bonchev–Trinajstić information content (AvgIpc) is 3.15. The van der Waals surface area contributed by atoms with Crippen molar-refractivity contribution < 1.29 is 19.4 Å². The minimum absolute atomic E-state index is 0.0997. The zero-order valence-corrected chi connectivity index (χ0v) is 16.4. The highest BCUT2D eigenvalue weighted by atomic mass is 16.5. The SMILES string of the molecule is C=CCOc1ccc(/C=C2/CCn3c2nc2cc(C(=O)O)ccc2c3=O)cc1OC. The van der Waals surface area contributed by atoms with Gasteiger partial charge in [0.25, 0.3) is 5.56 Å². The third kappa shape index (κ3) is 3.45. The highest BCUT2D eigenvalue weighted by molar-refractivity contribution is 5.93. The van der Waals surface area contributed by atoms with Crippen LogP contribution in [0.25, 0.3) is 22.6 Å². The van der Waals surface area contributed by atoms with E-state index in [4.69, 9.17) is 9.47 Å². The van der Waals surface area contributed by atoms with E-state index in [-0.39, 0.29) is 11.1 Å². The molecular formula is C23H20N2O5. The summed E-state index contributed by atoms with van der Waals surface area (Å²) in [5, 5.41) is 9.64. The molecule has 0 radical (unpaired) electrons. The second-order valence-corrected chi connectivity index (χ2v) is 6.86. The predicted octanol–water partition coefficient (Wildman–Crippen LogP) is 3.61. The summed E-state index contributed by atoms with van der Waals surface area (Å²) in [4.78, 5) is 28.7. The van der Waals surface area contributed by atoms with Crippen molar-refractivity contribution >= 4 is 28.5 Å². The number of carboxylic acid groups (broad SMARTS) is 1. The van der Waals surface area contributed by atoms with Crippen LogP contribution >= 0.6 is 0 Å². The molecule has 7 heteroatoms. The van der Waals surface area contributed by atoms with Gasteiger partial charge in [0, 0.05) is 6.54 Å². The van der Waals surface area contributed by atoms with Gasteiger partial charge in [-0.1, -0.05) is 18.7 Å². The van der Waals surface area contributed by atoms with E-state index in [2.05, 4.69) is 11.6 Å². The molecule has 2 aromatic carbocycles. The van der Waals surface area contributed by atoms with Crippen molar-refractivity contribution in [2.75, 3.05) is 13.7 Å². The molecule has 152 valence electrons. The summed E-state index contributed by atoms with van der Waals surface area (Å²) in [6, 6.07) is 9.97. The summed E-state index contributed by atoms with van der Waals surface area (Å²) in [6.45, 7) is 4.55. The Hall–Kier alpha value is -3.87. The maximum atomic E-state index is 12.8. The number of fused-ring (bicyclic) bond motifs is 2. The number of allylic oxidation sites excluding steroid dienone is 1. The van der Waals surface area contributed by atoms with E-state index in [9.17, 15) is 14.7 Å². The smallest absolute Gasteiger partial charge is 0.335 e. The van der Waals surface area contributed by atoms with Crippen LogP contribution < -0.4 is 15.0 Å². The van der Waals surface area contributed by atoms with Gasteiger partial charge in [-0.3, -0.25) is 9.36 Å². The third-order valence-corrected chi connectivity index (χ3v) is 4.98. The van der Waals surface area contributed by atoms with Crippen molar-refractivity contribution in [3.05, 3.63) is 76.4 Å². The Morgan fingerprint density at radius 1 is 1.27 bits per heavy atom. The molecule has 0 saturated carbocycles. The number of hydrogen-bond donors (Lipinski definition) is 1. The van der Waals surface area contributed by atoms with Crippen LogP contribution in [0.1, 0.15) is 28.2 Å². The molecule has 1 aromatic heterocycles. The van der Waals surface area contributed by atoms with Gasteiger partial charge in [-0.15, -0.1) is 0 Å². The molecule has 0 spiro atoms. The summed E-state index contributed by atoms with van der Waals surface area (Å²) < 4.78 is 12.6. The predicted molar refractivity (Wildman–Crippen MR) is 114 cm³/mol. The molecule has 1 aliphatic rings. The lowest BCUT2D eigenvalue weighted by molar-refractivity contribution is 0.0697. The second-order valence-electron chi connectivity index (χ2n) is 6.86. The van der Waals surface area contributed by atoms with E-state index in [1.807, 2.05) is 24.3 Å². The molecule has 2 heterocycles. The topological polar surface area (TPSA) is 90.7 Å². The lowest BCUT2D eigenvalue weighted by Gasteiger charge is -2.10. The quantitative estimate of drug-likeness (QED) is 0.631. The molecular weight excluding hydrogens is 384 g/mol. The van der Waals surface area contributed by atoms with Crippen molar-refractivity contribution in [2.45, 2.75) is 13.0 Å². The molecule has 0 unspecified atom stereocenters. The van der Waals surface area contributed by atoms with Gasteiger partial charge in [0.15, 0.2) is 11.5 Å². The van der Waals surface area contributed by atoms with Crippen molar-refractivity contribution in [1.29, 1.82) is 0 Å². The number of aromatic nitrogens is 2. The van der Waals surface area contributed by atoms with E-state index in [0.717, 1.165) is 11.1 Å². The number of ether oxygens (including phenoxy) is 2. The lowest BCUT2D eigenvalue weighted by atomic mass is 10.1. The highest BCUT2D eigenvalue weighted by Gasteiger charge is 2.21. The highest BCUT2D eigenvalue weighted by Crippen LogP contribution is 2.32. The first-order chi connectivity index (χ1) is 14.5. The van der Waals surface area contributed by atoms with Crippen LogP contribution in [-0.4, -0.2) is 34.3 Å². The lowest BCUT2D eigenvalue weighted by Crippen LogP contribution is -2.21. The van der Waals surface area contributed by atoms with E-state index >= 15 is 0 Å². The fraction of sp³-hybridized carbons (Fsp3) is 0.174. The van der Waals surface area contributed by atoms with Gasteiger partial charge >= 0.3 is 5.97 Å². The second kappa shape index (κ2) is 7.87. The van der Waals surface area contributed by atoms with E-state index < -0.39 is 5.97 Å². The molecule has 4 rings (SSSR count). The Kier molecular flexibility index (Phi) is 5.10. The molecule has 1 N–H and O–H groups in total. The summed E-state index contributed by atoms with van der Waals surface area (Å²) >= 11 is 0. The Balaban J connectivity index is 1.77. The Morgan fingerprint density at radius 2 is 2.10 bits per heavy atom. The first-order valence-electron chi connectivity index (χ1n) is 9.42. The maximum Gasteiger partial charge on any atom is 0.335 e. The molecule has 0 atom stereocenters. The van der Waals surface area contributed by atoms with E-state index in [1.54, 1.807) is 17.8 Å². The van der Waals surface area contributed by atoms with Gasteiger partial charge in [-0.05, 0) is 54.0 Å². The Morgan fingerprint density at radius 3 is 2.83 bits per heavy atom. The number of nitrogens with zero attached hydrogens (tertiary/aromatic N) is 2. The number of carboxylic acids is 1. The molecule has 1 aliphatic heterocycles. The number of rotatable bonds is 6. The van der Waals surface area contributed by atoms with Gasteiger partial charge in [-0.2, -0.15) is 0 Å². The van der Waals surface area contributed by atoms with Crippen molar-refractivity contribution in [2.24, 2.45) is 0 Å². The van der Waals surface area contributed by atoms with Gasteiger partial charge in [-0.25, -0.2) is 9.78 Å². The zero-order chi connectivity index (χ0) is 21.3. The summed E-state index contributed by atoms with van der Waals surface area (Å²) in [7, 11) is 1.57. The van der Waals surface area contributed by atoms with Gasteiger partial charge in [0.05, 0.1) is 23.6 Å². The largest absolute Gasteiger partial charge is 0.493 e. The van der Waals surface area contributed by atoms with E-state index in [0.29, 0.717) is 47.8 Å². The number of benzene rings is 2. The Labute approximate surface area is 172 Å². The van der Waals surface area contributed by atoms with Crippen molar-refractivity contribution in [3.8, 4) is 11.5 Å². The van der Waals surface area contributed by atoms with Crippen LogP contribution in [0.2, 0.25) is 0 Å². The standard InChI is InChI=1S/C23H20N2O5/c1-3-10-30-19-7-4-14(12-20(19)29-2)11-15-8-9-25-21(15)24-18-13-16(23(27)28)5-6-17(18)22(25)26/h3-7,11-13H,1,8-10H2,2H3,(H,27,28)/b15-11-. The first kappa shape index (κ1) is 19.4. The van der Waals surface area contributed by atoms with Crippen LogP contribution in [0.15, 0.2) is 53.8 Å². The average molecular weight is 404 g/mol. The zero-order valence-electron chi connectivity index (χ0n) is 16.4. The molecule has 0 saturated heterocycles. The van der Waals surface area contributed by atoms with Gasteiger partial charge < -0.3 is 14.6 Å². The molecule has 0 fully saturated rings. The minimum Gasteiger partial charge on any atom is -0.493 e. The summed E-state index contributed by atoms with van der Waals surface area (Å²) in [5.41, 5.74) is 2.10. The van der Waals surface area contributed by atoms with Crippen LogP contribution in [0.4, 0.5) is 0 Å². The molecule has 0 amide bonds. The van der Waals surface area contributed by atoms with E-state index in [1.165, 1.54) is 18.2 Å². The number of aromatic carboxylic acids is 1. The number of carbonyl (C=O) groups is 1. The number of hydrogen-bond acceptors (Lipinski definition) is 5. The third-order valence-electron chi connectivity index (χ3n) is 4.98. The molecule has 0 bridgehead atoms. The minimum atomic E-state index is -1.05. The molecule has 7 nitrogen and oxygen atoms in total. The fourth-order valence-electron chi connectivity index (χ4n) is 3.53. The van der Waals surface area contributed by atoms with Crippen LogP contribution in [0.3, 0.4) is 0 Å². The monoisotopic (exact) mass is 404 g/mol. The summed E-state index contributed by atoms with van der Waals surface area (Å²) in [5.74, 6) is 0.717. The number of methoxy groups -OCH3 is 1. The van der Waals surface area contributed by atoms with Crippen molar-refractivity contribution in [3.63, 3.8) is 0 Å². The van der Waals surface area contributed by atoms with Crippen LogP contribution in [-0.2, 0) is 6.54 Å². The molecule has 3 aromatic rings. The van der Waals surface area contributed by atoms with Gasteiger partial charge in [0.1, 0.15) is 12.4 Å². The molecule has 30 heavy (non-hydrogen) atoms. The molecule has 0 aliphatic carbocycles. The normalized spacial score (nSPS) is 14.0. The van der Waals surface area contributed by atoms with Crippen LogP contribution in [0, 0.1) is 0 Å².